The molecule has 75 valence electrons. The van der Waals surface area contributed by atoms with Crippen LogP contribution in [0.3, 0.4) is 0 Å². The predicted molar refractivity (Wildman–Crippen MR) is 61.6 cm³/mol. The van der Waals surface area contributed by atoms with E-state index >= 15 is 0 Å². The molecule has 0 aromatic heterocycles. The van der Waals surface area contributed by atoms with E-state index in [0.29, 0.717) is 0 Å². The van der Waals surface area contributed by atoms with E-state index < -0.39 is 0 Å². The molecular formula is C13H23. The van der Waals surface area contributed by atoms with E-state index in [1.807, 2.05) is 0 Å². The summed E-state index contributed by atoms with van der Waals surface area (Å²) in [5.74, 6) is 0. The summed E-state index contributed by atoms with van der Waals surface area (Å²) in [6.07, 6.45) is 17.5. The fraction of sp³-hybridized carbons (Fsp3) is 0.615. The molecule has 0 nitrogen and oxygen atoms in total. The van der Waals surface area contributed by atoms with Gasteiger partial charge in [0.15, 0.2) is 0 Å². The Morgan fingerprint density at radius 2 is 1.62 bits per heavy atom. The molecule has 0 rings (SSSR count). The van der Waals surface area contributed by atoms with E-state index in [1.165, 1.54) is 32.1 Å². The van der Waals surface area contributed by atoms with Gasteiger partial charge in [-0.15, -0.1) is 0 Å². The highest BCUT2D eigenvalue weighted by Gasteiger charge is 1.80. The highest BCUT2D eigenvalue weighted by Crippen LogP contribution is 2.00. The molecule has 0 aromatic carbocycles. The van der Waals surface area contributed by atoms with Crippen LogP contribution in [-0.2, 0) is 0 Å². The Labute approximate surface area is 83.7 Å². The Hall–Kier alpha value is -0.520. The highest BCUT2D eigenvalue weighted by atomic mass is 13.9. The Morgan fingerprint density at radius 1 is 0.923 bits per heavy atom. The van der Waals surface area contributed by atoms with Crippen LogP contribution in [0, 0.1) is 6.92 Å². The maximum absolute atomic E-state index is 3.82. The third kappa shape index (κ3) is 11.5. The van der Waals surface area contributed by atoms with Gasteiger partial charge in [0.2, 0.25) is 0 Å². The minimum absolute atomic E-state index is 1.07. The van der Waals surface area contributed by atoms with Crippen LogP contribution in [0.25, 0.3) is 0 Å². The summed E-state index contributed by atoms with van der Waals surface area (Å²) in [6.45, 7) is 6.03. The highest BCUT2D eigenvalue weighted by molar-refractivity contribution is 4.92. The van der Waals surface area contributed by atoms with Gasteiger partial charge in [0.05, 0.1) is 0 Å². The molecule has 1 radical (unpaired) electrons. The monoisotopic (exact) mass is 179 g/mol. The molecule has 0 saturated heterocycles. The maximum Gasteiger partial charge on any atom is -0.0169 e. The second-order valence-electron chi connectivity index (χ2n) is 3.32. The van der Waals surface area contributed by atoms with E-state index in [2.05, 4.69) is 38.2 Å². The van der Waals surface area contributed by atoms with Crippen molar-refractivity contribution in [3.8, 4) is 0 Å². The van der Waals surface area contributed by atoms with E-state index in [9.17, 15) is 0 Å². The van der Waals surface area contributed by atoms with E-state index in [0.717, 1.165) is 12.8 Å². The first-order valence-corrected chi connectivity index (χ1v) is 5.51. The molecule has 0 N–H and O–H groups in total. The van der Waals surface area contributed by atoms with Crippen LogP contribution in [0.15, 0.2) is 24.3 Å². The third-order valence-electron chi connectivity index (χ3n) is 1.93. The largest absolute Gasteiger partial charge is 0.0882 e. The number of allylic oxidation sites excluding steroid dienone is 4. The van der Waals surface area contributed by atoms with Gasteiger partial charge >= 0.3 is 0 Å². The Kier molecular flexibility index (Phi) is 11.0. The first kappa shape index (κ1) is 12.5. The summed E-state index contributed by atoms with van der Waals surface area (Å²) in [4.78, 5) is 0. The van der Waals surface area contributed by atoms with Crippen molar-refractivity contribution in [1.82, 2.24) is 0 Å². The number of hydrogen-bond donors (Lipinski definition) is 0. The molecule has 0 aliphatic rings. The minimum Gasteiger partial charge on any atom is -0.0882 e. The van der Waals surface area contributed by atoms with E-state index in [4.69, 9.17) is 0 Å². The number of hydrogen-bond acceptors (Lipinski definition) is 0. The molecule has 0 aliphatic heterocycles. The van der Waals surface area contributed by atoms with Crippen LogP contribution in [0.1, 0.15) is 51.9 Å². The number of unbranched alkanes of at least 4 members (excludes halogenated alkanes) is 4. The summed E-state index contributed by atoms with van der Waals surface area (Å²) >= 11 is 0. The van der Waals surface area contributed by atoms with Gasteiger partial charge in [0.25, 0.3) is 0 Å². The molecule has 0 atom stereocenters. The topological polar surface area (TPSA) is 0 Å². The van der Waals surface area contributed by atoms with Gasteiger partial charge in [0, 0.05) is 0 Å². The molecule has 0 aliphatic carbocycles. The fourth-order valence-electron chi connectivity index (χ4n) is 1.11. The predicted octanol–water partition coefficient (Wildman–Crippen LogP) is 4.68. The van der Waals surface area contributed by atoms with Crippen molar-refractivity contribution in [3.63, 3.8) is 0 Å². The maximum atomic E-state index is 3.82. The lowest BCUT2D eigenvalue weighted by molar-refractivity contribution is 0.759. The Morgan fingerprint density at radius 3 is 2.23 bits per heavy atom. The van der Waals surface area contributed by atoms with Crippen molar-refractivity contribution in [2.75, 3.05) is 0 Å². The third-order valence-corrected chi connectivity index (χ3v) is 1.93. The zero-order chi connectivity index (χ0) is 9.78. The molecule has 0 spiro atoms. The summed E-state index contributed by atoms with van der Waals surface area (Å²) in [7, 11) is 0. The van der Waals surface area contributed by atoms with Gasteiger partial charge < -0.3 is 0 Å². The van der Waals surface area contributed by atoms with Gasteiger partial charge in [-0.3, -0.25) is 0 Å². The minimum atomic E-state index is 1.07. The fourth-order valence-corrected chi connectivity index (χ4v) is 1.11. The van der Waals surface area contributed by atoms with Gasteiger partial charge in [-0.1, -0.05) is 57.4 Å². The average Bonchev–Trinajstić information content (AvgIpc) is 2.16. The molecule has 0 saturated carbocycles. The van der Waals surface area contributed by atoms with Gasteiger partial charge in [-0.05, 0) is 25.7 Å². The van der Waals surface area contributed by atoms with Crippen molar-refractivity contribution < 1.29 is 0 Å². The van der Waals surface area contributed by atoms with Gasteiger partial charge in [-0.25, -0.2) is 0 Å². The summed E-state index contributed by atoms with van der Waals surface area (Å²) < 4.78 is 0. The van der Waals surface area contributed by atoms with Crippen molar-refractivity contribution in [3.05, 3.63) is 31.2 Å². The van der Waals surface area contributed by atoms with Crippen molar-refractivity contribution >= 4 is 0 Å². The van der Waals surface area contributed by atoms with E-state index in [-0.39, 0.29) is 0 Å². The SMILES string of the molecule is [CH2]CCCCC=CCC=CCCC. The lowest BCUT2D eigenvalue weighted by Crippen LogP contribution is -1.70. The van der Waals surface area contributed by atoms with Gasteiger partial charge in [0.1, 0.15) is 0 Å². The summed E-state index contributed by atoms with van der Waals surface area (Å²) in [6, 6.07) is 0. The van der Waals surface area contributed by atoms with Crippen LogP contribution < -0.4 is 0 Å². The van der Waals surface area contributed by atoms with Crippen LogP contribution in [0.5, 0.6) is 0 Å². The quantitative estimate of drug-likeness (QED) is 0.375. The second kappa shape index (κ2) is 11.5. The molecule has 0 aromatic rings. The first-order valence-electron chi connectivity index (χ1n) is 5.51. The van der Waals surface area contributed by atoms with Crippen LogP contribution in [0.4, 0.5) is 0 Å². The summed E-state index contributed by atoms with van der Waals surface area (Å²) in [5.41, 5.74) is 0. The molecule has 13 heavy (non-hydrogen) atoms. The lowest BCUT2D eigenvalue weighted by Gasteiger charge is -1.90. The standard InChI is InChI=1S/C13H23/c1-3-5-7-9-11-13-12-10-8-6-4-2/h8,10-11,13H,1,3-7,9,12H2,2H3. The average molecular weight is 179 g/mol. The Bertz CT molecular complexity index is 131. The molecule has 0 heterocycles. The van der Waals surface area contributed by atoms with Crippen LogP contribution in [0.2, 0.25) is 0 Å². The van der Waals surface area contributed by atoms with Crippen molar-refractivity contribution in [1.29, 1.82) is 0 Å². The molecular weight excluding hydrogens is 156 g/mol. The molecule has 0 heteroatoms. The molecule has 0 fully saturated rings. The molecule has 0 unspecified atom stereocenters. The van der Waals surface area contributed by atoms with Crippen molar-refractivity contribution in [2.45, 2.75) is 51.9 Å². The second-order valence-corrected chi connectivity index (χ2v) is 3.32. The normalized spacial score (nSPS) is 11.8. The molecule has 0 amide bonds. The van der Waals surface area contributed by atoms with E-state index in [1.54, 1.807) is 0 Å². The summed E-state index contributed by atoms with van der Waals surface area (Å²) in [5, 5.41) is 0. The zero-order valence-electron chi connectivity index (χ0n) is 8.97. The zero-order valence-corrected chi connectivity index (χ0v) is 8.97. The van der Waals surface area contributed by atoms with Crippen LogP contribution in [-0.4, -0.2) is 0 Å². The number of rotatable bonds is 8. The first-order chi connectivity index (χ1) is 6.41. The van der Waals surface area contributed by atoms with Crippen molar-refractivity contribution in [2.24, 2.45) is 0 Å². The lowest BCUT2D eigenvalue weighted by atomic mass is 10.2. The smallest absolute Gasteiger partial charge is 0.0169 e. The van der Waals surface area contributed by atoms with Gasteiger partial charge in [-0.2, -0.15) is 0 Å². The molecule has 0 bridgehead atoms. The Balaban J connectivity index is 3.11. The van der Waals surface area contributed by atoms with Crippen LogP contribution >= 0.6 is 0 Å².